The summed E-state index contributed by atoms with van der Waals surface area (Å²) in [6.07, 6.45) is 0.316. The highest BCUT2D eigenvalue weighted by molar-refractivity contribution is 5.76. The molecule has 86 valence electrons. The average molecular weight is 222 g/mol. The zero-order valence-corrected chi connectivity index (χ0v) is 8.93. The summed E-state index contributed by atoms with van der Waals surface area (Å²) in [5.41, 5.74) is 5.64. The molecule has 0 unspecified atom stereocenters. The van der Waals surface area contributed by atoms with Crippen LogP contribution in [0.2, 0.25) is 0 Å². The third-order valence-corrected chi connectivity index (χ3v) is 2.00. The topological polar surface area (TPSA) is 78.4 Å². The van der Waals surface area contributed by atoms with Crippen molar-refractivity contribution >= 4 is 11.9 Å². The zero-order valence-electron chi connectivity index (χ0n) is 8.93. The molecule has 0 aliphatic carbocycles. The lowest BCUT2D eigenvalue weighted by Crippen LogP contribution is -2.48. The molecule has 0 heterocycles. The minimum absolute atomic E-state index is 0.316. The molecule has 1 rings (SSSR count). The van der Waals surface area contributed by atoms with Crippen LogP contribution in [0.1, 0.15) is 12.5 Å². The molecule has 0 bridgehead atoms. The van der Waals surface area contributed by atoms with Crippen LogP contribution in [0, 0.1) is 0 Å². The third-order valence-electron chi connectivity index (χ3n) is 2.00. The average Bonchev–Trinajstić information content (AvgIpc) is 2.25. The summed E-state index contributed by atoms with van der Waals surface area (Å²) in [7, 11) is 0. The fourth-order valence-corrected chi connectivity index (χ4v) is 1.24. The van der Waals surface area contributed by atoms with Crippen LogP contribution in [-0.2, 0) is 16.0 Å². The van der Waals surface area contributed by atoms with Crippen molar-refractivity contribution in [2.45, 2.75) is 19.4 Å². The molecule has 1 aromatic carbocycles. The Morgan fingerprint density at radius 2 is 1.94 bits per heavy atom. The fourth-order valence-electron chi connectivity index (χ4n) is 1.24. The van der Waals surface area contributed by atoms with Crippen LogP contribution in [0.3, 0.4) is 0 Å². The number of rotatable bonds is 5. The Morgan fingerprint density at radius 3 is 2.44 bits per heavy atom. The van der Waals surface area contributed by atoms with E-state index in [1.807, 2.05) is 30.3 Å². The Hall–Kier alpha value is -1.88. The second kappa shape index (κ2) is 5.87. The van der Waals surface area contributed by atoms with Crippen molar-refractivity contribution in [3.8, 4) is 0 Å². The lowest BCUT2D eigenvalue weighted by Gasteiger charge is -2.14. The standard InChI is InChI=1S/C11H14N2O3/c1-8(14)12-13-10(11(15)16)7-9-5-3-2-4-6-9/h2-6,10,13H,7H2,1H3,(H,12,14)(H,15,16)/t10-/m0/s1. The lowest BCUT2D eigenvalue weighted by molar-refractivity contribution is -0.140. The van der Waals surface area contributed by atoms with Crippen LogP contribution in [0.25, 0.3) is 0 Å². The summed E-state index contributed by atoms with van der Waals surface area (Å²) in [5.74, 6) is -1.32. The van der Waals surface area contributed by atoms with Gasteiger partial charge in [-0.05, 0) is 5.56 Å². The van der Waals surface area contributed by atoms with E-state index in [4.69, 9.17) is 5.11 Å². The van der Waals surface area contributed by atoms with Crippen molar-refractivity contribution in [1.29, 1.82) is 0 Å². The fraction of sp³-hybridized carbons (Fsp3) is 0.273. The molecule has 1 aromatic rings. The Balaban J connectivity index is 2.58. The van der Waals surface area contributed by atoms with Crippen molar-refractivity contribution in [2.75, 3.05) is 0 Å². The van der Waals surface area contributed by atoms with Gasteiger partial charge in [0.25, 0.3) is 0 Å². The molecule has 0 aromatic heterocycles. The van der Waals surface area contributed by atoms with Crippen LogP contribution in [-0.4, -0.2) is 23.0 Å². The smallest absolute Gasteiger partial charge is 0.322 e. The first-order valence-electron chi connectivity index (χ1n) is 4.88. The van der Waals surface area contributed by atoms with Crippen LogP contribution >= 0.6 is 0 Å². The monoisotopic (exact) mass is 222 g/mol. The van der Waals surface area contributed by atoms with Crippen LogP contribution in [0.4, 0.5) is 0 Å². The summed E-state index contributed by atoms with van der Waals surface area (Å²) >= 11 is 0. The van der Waals surface area contributed by atoms with E-state index >= 15 is 0 Å². The first-order chi connectivity index (χ1) is 7.59. The maximum Gasteiger partial charge on any atom is 0.322 e. The molecule has 1 amide bonds. The van der Waals surface area contributed by atoms with Crippen molar-refractivity contribution in [2.24, 2.45) is 0 Å². The van der Waals surface area contributed by atoms with Crippen molar-refractivity contribution in [3.05, 3.63) is 35.9 Å². The van der Waals surface area contributed by atoms with Gasteiger partial charge >= 0.3 is 5.97 Å². The normalized spacial score (nSPS) is 11.8. The van der Waals surface area contributed by atoms with Gasteiger partial charge in [-0.3, -0.25) is 15.0 Å². The second-order valence-electron chi connectivity index (χ2n) is 3.41. The number of hydrogen-bond donors (Lipinski definition) is 3. The van der Waals surface area contributed by atoms with Gasteiger partial charge in [-0.2, -0.15) is 0 Å². The minimum atomic E-state index is -1.00. The predicted octanol–water partition coefficient (Wildman–Crippen LogP) is 0.323. The number of carbonyl (C=O) groups is 2. The van der Waals surface area contributed by atoms with Crippen LogP contribution < -0.4 is 10.9 Å². The number of carboxylic acid groups (broad SMARTS) is 1. The number of benzene rings is 1. The van der Waals surface area contributed by atoms with Crippen molar-refractivity contribution in [1.82, 2.24) is 10.9 Å². The van der Waals surface area contributed by atoms with Gasteiger partial charge in [-0.15, -0.1) is 0 Å². The minimum Gasteiger partial charge on any atom is -0.480 e. The number of aliphatic carboxylic acids is 1. The van der Waals surface area contributed by atoms with E-state index in [9.17, 15) is 9.59 Å². The largest absolute Gasteiger partial charge is 0.480 e. The molecule has 1 atom stereocenters. The maximum atomic E-state index is 10.9. The molecule has 0 saturated heterocycles. The molecule has 0 aliphatic heterocycles. The Bertz CT molecular complexity index is 365. The van der Waals surface area contributed by atoms with E-state index in [1.54, 1.807) is 0 Å². The molecule has 5 heteroatoms. The molecule has 16 heavy (non-hydrogen) atoms. The first kappa shape index (κ1) is 12.2. The highest BCUT2D eigenvalue weighted by Gasteiger charge is 2.17. The number of hydrogen-bond acceptors (Lipinski definition) is 3. The van der Waals surface area contributed by atoms with E-state index in [2.05, 4.69) is 10.9 Å². The molecule has 0 radical (unpaired) electrons. The summed E-state index contributed by atoms with van der Waals surface area (Å²) in [5, 5.41) is 8.93. The highest BCUT2D eigenvalue weighted by Crippen LogP contribution is 2.02. The molecular formula is C11H14N2O3. The van der Waals surface area contributed by atoms with E-state index in [1.165, 1.54) is 6.92 Å². The van der Waals surface area contributed by atoms with E-state index in [-0.39, 0.29) is 5.91 Å². The van der Waals surface area contributed by atoms with Gasteiger partial charge in [0.2, 0.25) is 5.91 Å². The molecule has 0 fully saturated rings. The zero-order chi connectivity index (χ0) is 12.0. The van der Waals surface area contributed by atoms with Gasteiger partial charge in [-0.1, -0.05) is 30.3 Å². The van der Waals surface area contributed by atoms with Crippen molar-refractivity contribution in [3.63, 3.8) is 0 Å². The lowest BCUT2D eigenvalue weighted by atomic mass is 10.1. The van der Waals surface area contributed by atoms with Gasteiger partial charge in [-0.25, -0.2) is 5.43 Å². The highest BCUT2D eigenvalue weighted by atomic mass is 16.4. The molecule has 0 aliphatic rings. The summed E-state index contributed by atoms with van der Waals surface area (Å²) in [6, 6.07) is 8.39. The van der Waals surface area contributed by atoms with E-state index in [0.717, 1.165) is 5.56 Å². The summed E-state index contributed by atoms with van der Waals surface area (Å²) in [4.78, 5) is 21.6. The summed E-state index contributed by atoms with van der Waals surface area (Å²) in [6.45, 7) is 1.31. The number of carbonyl (C=O) groups excluding carboxylic acids is 1. The van der Waals surface area contributed by atoms with E-state index < -0.39 is 12.0 Å². The molecule has 0 saturated carbocycles. The van der Waals surface area contributed by atoms with Gasteiger partial charge < -0.3 is 5.11 Å². The first-order valence-corrected chi connectivity index (χ1v) is 4.88. The molecular weight excluding hydrogens is 208 g/mol. The van der Waals surface area contributed by atoms with Gasteiger partial charge in [0.1, 0.15) is 6.04 Å². The second-order valence-corrected chi connectivity index (χ2v) is 3.41. The SMILES string of the molecule is CC(=O)NN[C@@H](Cc1ccccc1)C(=O)O. The maximum absolute atomic E-state index is 10.9. The number of nitrogens with one attached hydrogen (secondary N) is 2. The van der Waals surface area contributed by atoms with Crippen LogP contribution in [0.5, 0.6) is 0 Å². The Labute approximate surface area is 93.4 Å². The quantitative estimate of drug-likeness (QED) is 0.627. The molecule has 3 N–H and O–H groups in total. The summed E-state index contributed by atoms with van der Waals surface area (Å²) < 4.78 is 0. The molecule has 5 nitrogen and oxygen atoms in total. The Morgan fingerprint density at radius 1 is 1.31 bits per heavy atom. The predicted molar refractivity (Wildman–Crippen MR) is 58.5 cm³/mol. The van der Waals surface area contributed by atoms with Gasteiger partial charge in [0, 0.05) is 13.3 Å². The third kappa shape index (κ3) is 4.10. The number of hydrazine groups is 1. The van der Waals surface area contributed by atoms with Crippen LogP contribution in [0.15, 0.2) is 30.3 Å². The Kier molecular flexibility index (Phi) is 4.47. The van der Waals surface area contributed by atoms with Gasteiger partial charge in [0.15, 0.2) is 0 Å². The number of carboxylic acids is 1. The molecule has 0 spiro atoms. The van der Waals surface area contributed by atoms with Crippen molar-refractivity contribution < 1.29 is 14.7 Å². The van der Waals surface area contributed by atoms with E-state index in [0.29, 0.717) is 6.42 Å². The van der Waals surface area contributed by atoms with Gasteiger partial charge in [0.05, 0.1) is 0 Å². The number of amides is 1.